The Morgan fingerprint density at radius 2 is 1.79 bits per heavy atom. The van der Waals surface area contributed by atoms with Gasteiger partial charge in [-0.05, 0) is 61.2 Å². The molecule has 2 aromatic heterocycles. The van der Waals surface area contributed by atoms with Gasteiger partial charge in [0.2, 0.25) is 10.0 Å². The lowest BCUT2D eigenvalue weighted by atomic mass is 10.2. The maximum Gasteiger partial charge on any atom is 0.256 e. The highest BCUT2D eigenvalue weighted by Crippen LogP contribution is 2.22. The molecule has 0 saturated heterocycles. The second-order valence-electron chi connectivity index (χ2n) is 6.94. The third-order valence-corrected chi connectivity index (χ3v) is 6.12. The molecule has 1 aliphatic rings. The number of aryl methyl sites for hydroxylation is 2. The molecule has 0 unspecified atom stereocenters. The lowest BCUT2D eigenvalue weighted by Crippen LogP contribution is -2.25. The largest absolute Gasteiger partial charge is 0.305 e. The van der Waals surface area contributed by atoms with Crippen molar-refractivity contribution in [1.29, 1.82) is 0 Å². The van der Waals surface area contributed by atoms with Crippen molar-refractivity contribution in [3.63, 3.8) is 0 Å². The van der Waals surface area contributed by atoms with Gasteiger partial charge in [-0.3, -0.25) is 14.5 Å². The van der Waals surface area contributed by atoms with Crippen molar-refractivity contribution >= 4 is 21.7 Å². The average Bonchev–Trinajstić information content (AvgIpc) is 3.42. The van der Waals surface area contributed by atoms with E-state index in [1.807, 2.05) is 12.1 Å². The van der Waals surface area contributed by atoms with Gasteiger partial charge in [0.25, 0.3) is 5.91 Å². The van der Waals surface area contributed by atoms with E-state index in [4.69, 9.17) is 0 Å². The molecule has 1 fully saturated rings. The zero-order valence-corrected chi connectivity index (χ0v) is 16.5. The van der Waals surface area contributed by atoms with Crippen molar-refractivity contribution in [3.8, 4) is 0 Å². The van der Waals surface area contributed by atoms with E-state index in [-0.39, 0.29) is 16.8 Å². The molecule has 29 heavy (non-hydrogen) atoms. The van der Waals surface area contributed by atoms with E-state index >= 15 is 0 Å². The number of pyridine rings is 1. The second kappa shape index (κ2) is 8.14. The van der Waals surface area contributed by atoms with Crippen LogP contribution >= 0.6 is 0 Å². The summed E-state index contributed by atoms with van der Waals surface area (Å²) in [6.45, 7) is 0.681. The van der Waals surface area contributed by atoms with E-state index < -0.39 is 10.0 Å². The van der Waals surface area contributed by atoms with E-state index in [2.05, 4.69) is 20.1 Å². The molecular weight excluding hydrogens is 390 g/mol. The van der Waals surface area contributed by atoms with Crippen LogP contribution in [0.15, 0.2) is 66.0 Å². The molecule has 1 aliphatic carbocycles. The van der Waals surface area contributed by atoms with Crippen molar-refractivity contribution in [1.82, 2.24) is 19.5 Å². The molecule has 1 saturated carbocycles. The zero-order valence-electron chi connectivity index (χ0n) is 15.7. The van der Waals surface area contributed by atoms with Gasteiger partial charge in [-0.15, -0.1) is 0 Å². The lowest BCUT2D eigenvalue weighted by Gasteiger charge is -2.07. The van der Waals surface area contributed by atoms with Crippen LogP contribution < -0.4 is 10.0 Å². The number of sulfonamides is 1. The number of anilines is 1. The standard InChI is InChI=1S/C20H21N5O3S/c26-20(16-1-5-18(6-2-16)29(27,28)24-17-3-4-17)22-19-10-14-25(23-19)13-9-15-7-11-21-12-8-15/h1-2,5-8,10-12,14,17,24H,3-4,9,13H2,(H,22,23,26). The van der Waals surface area contributed by atoms with Gasteiger partial charge in [-0.1, -0.05) is 0 Å². The maximum atomic E-state index is 12.4. The van der Waals surface area contributed by atoms with Gasteiger partial charge in [0.1, 0.15) is 0 Å². The van der Waals surface area contributed by atoms with E-state index in [0.717, 1.165) is 24.8 Å². The molecular formula is C20H21N5O3S. The summed E-state index contributed by atoms with van der Waals surface area (Å²) in [7, 11) is -3.53. The van der Waals surface area contributed by atoms with E-state index in [0.29, 0.717) is 17.9 Å². The van der Waals surface area contributed by atoms with Crippen LogP contribution in [0.3, 0.4) is 0 Å². The van der Waals surface area contributed by atoms with Gasteiger partial charge in [0.05, 0.1) is 4.90 Å². The van der Waals surface area contributed by atoms with Gasteiger partial charge in [-0.2, -0.15) is 5.10 Å². The number of amides is 1. The van der Waals surface area contributed by atoms with Crippen LogP contribution in [0, 0.1) is 0 Å². The first-order valence-electron chi connectivity index (χ1n) is 9.36. The van der Waals surface area contributed by atoms with Crippen LogP contribution in [0.2, 0.25) is 0 Å². The Morgan fingerprint density at radius 1 is 1.07 bits per heavy atom. The molecule has 2 N–H and O–H groups in total. The summed E-state index contributed by atoms with van der Waals surface area (Å²) < 4.78 is 28.8. The van der Waals surface area contributed by atoms with E-state index in [1.165, 1.54) is 24.3 Å². The minimum absolute atomic E-state index is 0.0386. The lowest BCUT2D eigenvalue weighted by molar-refractivity contribution is 0.102. The van der Waals surface area contributed by atoms with Crippen LogP contribution in [-0.4, -0.2) is 35.1 Å². The van der Waals surface area contributed by atoms with Gasteiger partial charge in [-0.25, -0.2) is 13.1 Å². The number of nitrogens with one attached hydrogen (secondary N) is 2. The van der Waals surface area contributed by atoms with Crippen LogP contribution in [0.4, 0.5) is 5.82 Å². The van der Waals surface area contributed by atoms with Gasteiger partial charge < -0.3 is 5.32 Å². The molecule has 150 valence electrons. The molecule has 0 atom stereocenters. The van der Waals surface area contributed by atoms with Crippen molar-refractivity contribution in [2.24, 2.45) is 0 Å². The van der Waals surface area contributed by atoms with Crippen molar-refractivity contribution in [2.75, 3.05) is 5.32 Å². The minimum atomic E-state index is -3.53. The monoisotopic (exact) mass is 411 g/mol. The van der Waals surface area contributed by atoms with Crippen molar-refractivity contribution in [2.45, 2.75) is 36.7 Å². The summed E-state index contributed by atoms with van der Waals surface area (Å²) in [5.74, 6) is 0.0975. The summed E-state index contributed by atoms with van der Waals surface area (Å²) in [4.78, 5) is 16.6. The molecule has 0 radical (unpaired) electrons. The minimum Gasteiger partial charge on any atom is -0.305 e. The summed E-state index contributed by atoms with van der Waals surface area (Å²) in [5.41, 5.74) is 1.52. The molecule has 1 amide bonds. The molecule has 2 heterocycles. The average molecular weight is 411 g/mol. The van der Waals surface area contributed by atoms with E-state index in [1.54, 1.807) is 29.3 Å². The first-order valence-corrected chi connectivity index (χ1v) is 10.8. The first kappa shape index (κ1) is 19.3. The second-order valence-corrected chi connectivity index (χ2v) is 8.66. The Labute approximate surface area is 169 Å². The molecule has 0 bridgehead atoms. The Bertz CT molecular complexity index is 1090. The van der Waals surface area contributed by atoms with Gasteiger partial charge in [0.15, 0.2) is 5.82 Å². The fourth-order valence-corrected chi connectivity index (χ4v) is 4.11. The predicted molar refractivity (Wildman–Crippen MR) is 108 cm³/mol. The summed E-state index contributed by atoms with van der Waals surface area (Å²) in [6.07, 6.45) is 7.85. The van der Waals surface area contributed by atoms with Crippen LogP contribution in [0.5, 0.6) is 0 Å². The molecule has 8 nitrogen and oxygen atoms in total. The smallest absolute Gasteiger partial charge is 0.256 e. The number of aromatic nitrogens is 3. The number of hydrogen-bond donors (Lipinski definition) is 2. The number of carbonyl (C=O) groups excluding carboxylic acids is 1. The van der Waals surface area contributed by atoms with Gasteiger partial charge >= 0.3 is 0 Å². The highest BCUT2D eigenvalue weighted by atomic mass is 32.2. The number of carbonyl (C=O) groups is 1. The normalized spacial score (nSPS) is 13.9. The van der Waals surface area contributed by atoms with Crippen LogP contribution in [0.25, 0.3) is 0 Å². The van der Waals surface area contributed by atoms with Gasteiger partial charge in [0, 0.05) is 42.8 Å². The maximum absolute atomic E-state index is 12.4. The summed E-state index contributed by atoms with van der Waals surface area (Å²) in [6, 6.07) is 11.5. The van der Waals surface area contributed by atoms with Crippen LogP contribution in [0.1, 0.15) is 28.8 Å². The molecule has 0 aliphatic heterocycles. The fourth-order valence-electron chi connectivity index (χ4n) is 2.81. The molecule has 9 heteroatoms. The fraction of sp³-hybridized carbons (Fsp3) is 0.250. The number of hydrogen-bond acceptors (Lipinski definition) is 5. The SMILES string of the molecule is O=C(Nc1ccn(CCc2ccncc2)n1)c1ccc(S(=O)(=O)NC2CC2)cc1. The third-order valence-electron chi connectivity index (χ3n) is 4.59. The third kappa shape index (κ3) is 5.07. The van der Waals surface area contributed by atoms with E-state index in [9.17, 15) is 13.2 Å². The number of nitrogens with zero attached hydrogens (tertiary/aromatic N) is 3. The molecule has 3 aromatic rings. The highest BCUT2D eigenvalue weighted by Gasteiger charge is 2.28. The zero-order chi connectivity index (χ0) is 20.3. The topological polar surface area (TPSA) is 106 Å². The highest BCUT2D eigenvalue weighted by molar-refractivity contribution is 7.89. The quantitative estimate of drug-likeness (QED) is 0.591. The van der Waals surface area contributed by atoms with Crippen molar-refractivity contribution < 1.29 is 13.2 Å². The molecule has 4 rings (SSSR count). The Kier molecular flexibility index (Phi) is 5.41. The summed E-state index contributed by atoms with van der Waals surface area (Å²) in [5, 5.41) is 7.08. The van der Waals surface area contributed by atoms with Crippen molar-refractivity contribution in [3.05, 3.63) is 72.2 Å². The molecule has 1 aromatic carbocycles. The number of rotatable bonds is 8. The van der Waals surface area contributed by atoms with Crippen LogP contribution in [-0.2, 0) is 23.0 Å². The predicted octanol–water partition coefficient (Wildman–Crippen LogP) is 2.21. The summed E-state index contributed by atoms with van der Waals surface area (Å²) >= 11 is 0. The Morgan fingerprint density at radius 3 is 2.48 bits per heavy atom. The molecule has 0 spiro atoms. The first-order chi connectivity index (χ1) is 14.0. The Hall–Kier alpha value is -3.04. The Balaban J connectivity index is 1.35. The number of benzene rings is 1.